The van der Waals surface area contributed by atoms with Crippen molar-refractivity contribution in [3.63, 3.8) is 0 Å². The number of hydrogen-bond acceptors (Lipinski definition) is 3. The van der Waals surface area contributed by atoms with Crippen LogP contribution in [0.1, 0.15) is 42.6 Å². The lowest BCUT2D eigenvalue weighted by Crippen LogP contribution is -2.16. The smallest absolute Gasteiger partial charge is 0.339 e. The van der Waals surface area contributed by atoms with E-state index < -0.39 is 5.97 Å². The quantitative estimate of drug-likeness (QED) is 0.833. The van der Waals surface area contributed by atoms with Gasteiger partial charge in [-0.1, -0.05) is 32.4 Å². The molecule has 0 aromatic carbocycles. The first kappa shape index (κ1) is 12.8. The predicted octanol–water partition coefficient (Wildman–Crippen LogP) is 2.92. The third-order valence-corrected chi connectivity index (χ3v) is 2.93. The third kappa shape index (κ3) is 1.95. The number of aryl methyl sites for hydroxylation is 1. The molecule has 2 rings (SSSR count). The highest BCUT2D eigenvalue weighted by molar-refractivity contribution is 6.34. The molecule has 18 heavy (non-hydrogen) atoms. The molecule has 2 N–H and O–H groups in total. The largest absolute Gasteiger partial charge is 0.478 e. The van der Waals surface area contributed by atoms with E-state index >= 15 is 0 Å². The van der Waals surface area contributed by atoms with Crippen molar-refractivity contribution < 1.29 is 9.90 Å². The van der Waals surface area contributed by atoms with Gasteiger partial charge in [-0.25, -0.2) is 14.8 Å². The number of hydrogen-bond donors (Lipinski definition) is 2. The molecule has 0 spiro atoms. The number of carboxylic acids is 1. The number of nitrogens with zero attached hydrogens (tertiary/aromatic N) is 2. The summed E-state index contributed by atoms with van der Waals surface area (Å²) in [4.78, 5) is 22.7. The zero-order valence-electron chi connectivity index (χ0n) is 10.6. The van der Waals surface area contributed by atoms with Crippen molar-refractivity contribution in [2.75, 3.05) is 0 Å². The standard InChI is InChI=1S/C12H14ClN3O2/c1-5-14-8(12(2,3)4)6-7(11(17)18)9(13)16-10(6)15-5/h1-4H3,(H,17,18)(H,14,15,16). The Kier molecular flexibility index (Phi) is 2.81. The van der Waals surface area contributed by atoms with Gasteiger partial charge in [0, 0.05) is 5.41 Å². The molecule has 0 aliphatic rings. The molecule has 5 nitrogen and oxygen atoms in total. The van der Waals surface area contributed by atoms with Crippen LogP contribution in [0, 0.1) is 6.92 Å². The Morgan fingerprint density at radius 3 is 2.44 bits per heavy atom. The molecule has 2 heterocycles. The van der Waals surface area contributed by atoms with Crippen LogP contribution >= 0.6 is 11.6 Å². The van der Waals surface area contributed by atoms with Crippen LogP contribution in [0.3, 0.4) is 0 Å². The molecule has 0 aliphatic carbocycles. The Morgan fingerprint density at radius 1 is 1.33 bits per heavy atom. The fraction of sp³-hybridized carbons (Fsp3) is 0.417. The van der Waals surface area contributed by atoms with Crippen molar-refractivity contribution in [3.05, 3.63) is 22.2 Å². The summed E-state index contributed by atoms with van der Waals surface area (Å²) in [6.45, 7) is 7.69. The minimum Gasteiger partial charge on any atom is -0.478 e. The number of nitrogens with one attached hydrogen (secondary N) is 1. The Labute approximate surface area is 109 Å². The lowest BCUT2D eigenvalue weighted by molar-refractivity contribution is 0.0699. The molecule has 0 fully saturated rings. The molecule has 0 aliphatic heterocycles. The van der Waals surface area contributed by atoms with Crippen LogP contribution in [0.5, 0.6) is 0 Å². The number of aromatic nitrogens is 3. The molecule has 2 aromatic heterocycles. The van der Waals surface area contributed by atoms with Gasteiger partial charge in [-0.05, 0) is 6.92 Å². The monoisotopic (exact) mass is 267 g/mol. The molecular weight excluding hydrogens is 254 g/mol. The molecule has 0 saturated carbocycles. The SMILES string of the molecule is Cc1nc(C(C)(C)C)c2c(C(=O)O)c(Cl)[nH]c2n1. The number of carboxylic acid groups (broad SMARTS) is 1. The molecule has 6 heteroatoms. The average molecular weight is 268 g/mol. The summed E-state index contributed by atoms with van der Waals surface area (Å²) in [5.74, 6) is -0.494. The Balaban J connectivity index is 2.96. The summed E-state index contributed by atoms with van der Waals surface area (Å²) < 4.78 is 0. The van der Waals surface area contributed by atoms with E-state index in [-0.39, 0.29) is 16.1 Å². The van der Waals surface area contributed by atoms with Crippen molar-refractivity contribution in [2.45, 2.75) is 33.1 Å². The van der Waals surface area contributed by atoms with Gasteiger partial charge in [0.25, 0.3) is 0 Å². The van der Waals surface area contributed by atoms with E-state index in [2.05, 4.69) is 15.0 Å². The molecule has 96 valence electrons. The summed E-state index contributed by atoms with van der Waals surface area (Å²) in [5, 5.41) is 9.83. The molecule has 0 unspecified atom stereocenters. The highest BCUT2D eigenvalue weighted by atomic mass is 35.5. The Bertz CT molecular complexity index is 641. The lowest BCUT2D eigenvalue weighted by Gasteiger charge is -2.19. The van der Waals surface area contributed by atoms with E-state index in [1.165, 1.54) is 0 Å². The topological polar surface area (TPSA) is 78.9 Å². The number of aromatic amines is 1. The van der Waals surface area contributed by atoms with Gasteiger partial charge >= 0.3 is 5.97 Å². The summed E-state index contributed by atoms with van der Waals surface area (Å²) in [7, 11) is 0. The lowest BCUT2D eigenvalue weighted by atomic mass is 9.89. The highest BCUT2D eigenvalue weighted by Gasteiger charge is 2.27. The summed E-state index contributed by atoms with van der Waals surface area (Å²) >= 11 is 5.93. The van der Waals surface area contributed by atoms with Gasteiger partial charge in [0.15, 0.2) is 0 Å². The number of rotatable bonds is 1. The first-order valence-electron chi connectivity index (χ1n) is 5.51. The van der Waals surface area contributed by atoms with Crippen LogP contribution in [0.25, 0.3) is 11.0 Å². The fourth-order valence-electron chi connectivity index (χ4n) is 1.92. The van der Waals surface area contributed by atoms with Crippen molar-refractivity contribution >= 4 is 28.6 Å². The van der Waals surface area contributed by atoms with E-state index in [0.717, 1.165) is 0 Å². The minimum absolute atomic E-state index is 0.0385. The number of fused-ring (bicyclic) bond motifs is 1. The predicted molar refractivity (Wildman–Crippen MR) is 69.3 cm³/mol. The van der Waals surface area contributed by atoms with Gasteiger partial charge in [-0.3, -0.25) is 0 Å². The van der Waals surface area contributed by atoms with Crippen molar-refractivity contribution in [3.8, 4) is 0 Å². The first-order valence-corrected chi connectivity index (χ1v) is 5.89. The summed E-state index contributed by atoms with van der Waals surface area (Å²) in [5.41, 5.74) is 0.902. The number of aromatic carboxylic acids is 1. The van der Waals surface area contributed by atoms with Crippen LogP contribution < -0.4 is 0 Å². The van der Waals surface area contributed by atoms with Gasteiger partial charge in [-0.15, -0.1) is 0 Å². The Morgan fingerprint density at radius 2 is 1.94 bits per heavy atom. The molecule has 0 saturated heterocycles. The van der Waals surface area contributed by atoms with Crippen LogP contribution in [-0.2, 0) is 5.41 Å². The van der Waals surface area contributed by atoms with Gasteiger partial charge < -0.3 is 10.1 Å². The van der Waals surface area contributed by atoms with Crippen molar-refractivity contribution in [1.29, 1.82) is 0 Å². The van der Waals surface area contributed by atoms with E-state index in [1.54, 1.807) is 6.92 Å². The molecule has 0 bridgehead atoms. The van der Waals surface area contributed by atoms with Crippen molar-refractivity contribution in [1.82, 2.24) is 15.0 Å². The van der Waals surface area contributed by atoms with E-state index in [1.807, 2.05) is 20.8 Å². The van der Waals surface area contributed by atoms with Gasteiger partial charge in [0.2, 0.25) is 0 Å². The van der Waals surface area contributed by atoms with Gasteiger partial charge in [0.05, 0.1) is 11.1 Å². The van der Waals surface area contributed by atoms with Crippen LogP contribution in [0.2, 0.25) is 5.15 Å². The number of halogens is 1. The summed E-state index contributed by atoms with van der Waals surface area (Å²) in [6, 6.07) is 0. The number of carbonyl (C=O) groups is 1. The average Bonchev–Trinajstić information content (AvgIpc) is 2.50. The van der Waals surface area contributed by atoms with Gasteiger partial charge in [0.1, 0.15) is 22.2 Å². The first-order chi connectivity index (χ1) is 8.21. The maximum Gasteiger partial charge on any atom is 0.339 e. The summed E-state index contributed by atoms with van der Waals surface area (Å²) in [6.07, 6.45) is 0. The highest BCUT2D eigenvalue weighted by Crippen LogP contribution is 2.33. The van der Waals surface area contributed by atoms with Crippen LogP contribution in [-0.4, -0.2) is 26.0 Å². The second-order valence-electron chi connectivity index (χ2n) is 5.21. The molecule has 0 amide bonds. The second kappa shape index (κ2) is 3.95. The molecule has 0 radical (unpaired) electrons. The third-order valence-electron chi connectivity index (χ3n) is 2.64. The van der Waals surface area contributed by atoms with E-state index in [9.17, 15) is 9.90 Å². The fourth-order valence-corrected chi connectivity index (χ4v) is 2.18. The van der Waals surface area contributed by atoms with E-state index in [0.29, 0.717) is 22.6 Å². The minimum atomic E-state index is -1.08. The van der Waals surface area contributed by atoms with Crippen LogP contribution in [0.15, 0.2) is 0 Å². The molecular formula is C12H14ClN3O2. The zero-order valence-corrected chi connectivity index (χ0v) is 11.4. The van der Waals surface area contributed by atoms with Crippen molar-refractivity contribution in [2.24, 2.45) is 0 Å². The maximum atomic E-state index is 11.3. The molecule has 0 atom stereocenters. The van der Waals surface area contributed by atoms with E-state index in [4.69, 9.17) is 11.6 Å². The normalized spacial score (nSPS) is 12.1. The molecule has 2 aromatic rings. The van der Waals surface area contributed by atoms with Gasteiger partial charge in [-0.2, -0.15) is 0 Å². The number of H-pyrrole nitrogens is 1. The Hall–Kier alpha value is -1.62. The zero-order chi connectivity index (χ0) is 13.7. The second-order valence-corrected chi connectivity index (χ2v) is 5.59. The van der Waals surface area contributed by atoms with Crippen LogP contribution in [0.4, 0.5) is 0 Å². The maximum absolute atomic E-state index is 11.3.